The molecule has 0 radical (unpaired) electrons. The van der Waals surface area contributed by atoms with Crippen LogP contribution in [-0.4, -0.2) is 181 Å². The molecule has 150 heavy (non-hydrogen) atoms. The monoisotopic (exact) mass is 2010 g/mol. The van der Waals surface area contributed by atoms with E-state index in [0.717, 1.165) is 123 Å². The molecule has 0 saturated carbocycles. The number of anilines is 7. The second-order valence-corrected chi connectivity index (χ2v) is 36.6. The molecule has 0 spiro atoms. The minimum Gasteiger partial charge on any atom is -0.378 e. The molecule has 4 aliphatic heterocycles. The first kappa shape index (κ1) is 97.7. The topological polar surface area (TPSA) is 356 Å². The molecule has 0 bridgehead atoms. The van der Waals surface area contributed by atoms with Crippen LogP contribution in [0.4, 0.5) is 66.2 Å². The largest absolute Gasteiger partial charge is 0.378 e. The molecule has 0 unspecified atom stereocenters. The highest BCUT2D eigenvalue weighted by Gasteiger charge is 2.34. The van der Waals surface area contributed by atoms with Crippen LogP contribution in [0.2, 0.25) is 0 Å². The van der Waals surface area contributed by atoms with Gasteiger partial charge in [-0.25, -0.2) is 26.3 Å². The number of piperidine rings is 2. The summed E-state index contributed by atoms with van der Waals surface area (Å²) in [6.45, 7) is 8.48. The standard InChI is InChI=1S/C30H25F3N6O.C29H25FN6O.C28H23FN6O2.C28H23FN6O/c31-25-4-2-1-3-23(25)26-8-6-22(17-35-26)36-29(40)28-24-14-20(5-7-27(24)37-38-28)21-13-19(15-34-16-21)18-39-11-9-30(32,33)10-12-39;30-25-7-3-2-6-23(25)26-11-9-21(17-32-26)33-29(37)28-24-15-19(8-10-27(24)34-35-28)20-14-22(18-31-16-20)36-12-4-1-5-13-36;29-24-4-2-1-3-22(24)25-8-6-20(16-31-25)32-28(36)27-23-14-18(5-7-26(23)33-34-27)19-13-21(17-30-15-19)35-9-11-37-12-10-35;29-24-6-2-1-5-22(24)25-10-8-20(16-31-25)32-28(36)27-23-14-18(7-9-26(23)33-34-27)19-13-21(17-30-15-19)35-11-3-4-12-35/h1-8,13-17H,9-12,18H2,(H,36,40)(H,37,38);2-3,6-11,14-18H,1,4-5,12-13H2,(H,33,37)(H,34,35);1-8,13-17H,9-12H2,(H,32,36)(H,33,34);1-2,5-10,13-17H,3-4,11-12H2,(H,32,36)(H,33,34). The van der Waals surface area contributed by atoms with Crippen molar-refractivity contribution in [1.82, 2.24) is 85.6 Å². The van der Waals surface area contributed by atoms with E-state index in [1.165, 1.54) is 81.2 Å². The van der Waals surface area contributed by atoms with Gasteiger partial charge in [-0.05, 0) is 230 Å². The average Bonchev–Trinajstić information content (AvgIpc) is 1.64. The fourth-order valence-corrected chi connectivity index (χ4v) is 18.7. The van der Waals surface area contributed by atoms with Crippen LogP contribution in [0, 0.1) is 23.3 Å². The highest BCUT2D eigenvalue weighted by Crippen LogP contribution is 2.38. The van der Waals surface area contributed by atoms with Crippen LogP contribution in [-0.2, 0) is 11.3 Å². The van der Waals surface area contributed by atoms with Crippen LogP contribution in [0.1, 0.15) is 92.5 Å². The predicted octanol–water partition coefficient (Wildman–Crippen LogP) is 23.0. The number of ether oxygens (including phenoxy) is 1. The van der Waals surface area contributed by atoms with Gasteiger partial charge in [0, 0.05) is 169 Å². The highest BCUT2D eigenvalue weighted by molar-refractivity contribution is 6.15. The molecule has 16 heterocycles. The fraction of sp³-hybridized carbons (Fsp3) is 0.165. The third-order valence-electron chi connectivity index (χ3n) is 26.7. The van der Waals surface area contributed by atoms with E-state index in [1.54, 1.807) is 134 Å². The summed E-state index contributed by atoms with van der Waals surface area (Å²) in [5.41, 5.74) is 21.2. The van der Waals surface area contributed by atoms with Gasteiger partial charge >= 0.3 is 0 Å². The third kappa shape index (κ3) is 22.5. The van der Waals surface area contributed by atoms with Gasteiger partial charge in [0.1, 0.15) is 23.3 Å². The number of fused-ring (bicyclic) bond motifs is 4. The lowest BCUT2D eigenvalue weighted by Gasteiger charge is -2.31. The van der Waals surface area contributed by atoms with Gasteiger partial charge in [0.2, 0.25) is 0 Å². The zero-order chi connectivity index (χ0) is 103. The molecule has 29 nitrogen and oxygen atoms in total. The van der Waals surface area contributed by atoms with E-state index in [9.17, 15) is 45.5 Å². The number of hydrogen-bond acceptors (Lipinski definition) is 21. The van der Waals surface area contributed by atoms with Crippen molar-refractivity contribution in [2.75, 3.05) is 102 Å². The summed E-state index contributed by atoms with van der Waals surface area (Å²) in [4.78, 5) is 96.3. The van der Waals surface area contributed by atoms with E-state index in [4.69, 9.17) is 4.74 Å². The highest BCUT2D eigenvalue weighted by atomic mass is 19.3. The Labute approximate surface area is 855 Å². The van der Waals surface area contributed by atoms with Gasteiger partial charge in [-0.3, -0.25) is 84.3 Å². The Morgan fingerprint density at radius 1 is 0.300 bits per heavy atom. The molecule has 4 amide bonds. The summed E-state index contributed by atoms with van der Waals surface area (Å²) >= 11 is 0. The molecule has 0 aliphatic carbocycles. The zero-order valence-electron chi connectivity index (χ0n) is 80.7. The molecule has 4 saturated heterocycles. The maximum Gasteiger partial charge on any atom is 0.276 e. The molecule has 748 valence electrons. The van der Waals surface area contributed by atoms with Crippen LogP contribution in [0.15, 0.2) is 317 Å². The fourth-order valence-electron chi connectivity index (χ4n) is 18.7. The molecule has 12 aromatic heterocycles. The number of benzene rings is 8. The minimum atomic E-state index is -2.58. The summed E-state index contributed by atoms with van der Waals surface area (Å²) in [6.07, 6.45) is 26.5. The van der Waals surface area contributed by atoms with Crippen molar-refractivity contribution in [3.8, 4) is 89.5 Å². The molecule has 24 rings (SSSR count). The van der Waals surface area contributed by atoms with Crippen LogP contribution in [0.25, 0.3) is 133 Å². The molecule has 20 aromatic rings. The second-order valence-electron chi connectivity index (χ2n) is 36.6. The molecule has 0 atom stereocenters. The van der Waals surface area contributed by atoms with E-state index in [1.807, 2.05) is 121 Å². The summed E-state index contributed by atoms with van der Waals surface area (Å²) in [5.74, 6) is -5.50. The molecule has 35 heteroatoms. The number of carbonyl (C=O) groups excluding carboxylic acids is 4. The summed E-state index contributed by atoms with van der Waals surface area (Å²) in [7, 11) is 0. The molecular weight excluding hydrogens is 1910 g/mol. The average molecular weight is 2010 g/mol. The van der Waals surface area contributed by atoms with E-state index < -0.39 is 11.8 Å². The van der Waals surface area contributed by atoms with E-state index in [2.05, 4.69) is 135 Å². The number of H-pyrrole nitrogens is 4. The number of pyridine rings is 8. The Bertz CT molecular complexity index is 8070. The first-order chi connectivity index (χ1) is 73.3. The second kappa shape index (κ2) is 44.3. The van der Waals surface area contributed by atoms with Crippen LogP contribution >= 0.6 is 0 Å². The maximum absolute atomic E-state index is 14.1. The third-order valence-corrected chi connectivity index (χ3v) is 26.7. The molecular formula is C115H96F6N24O5. The Balaban J connectivity index is 0.000000117. The predicted molar refractivity (Wildman–Crippen MR) is 568 cm³/mol. The first-order valence-corrected chi connectivity index (χ1v) is 49.1. The quantitative estimate of drug-likeness (QED) is 0.0310. The van der Waals surface area contributed by atoms with Crippen molar-refractivity contribution < 1.29 is 50.3 Å². The molecule has 8 N–H and O–H groups in total. The van der Waals surface area contributed by atoms with Gasteiger partial charge in [0.05, 0.1) is 141 Å². The number of halogens is 6. The van der Waals surface area contributed by atoms with Crippen LogP contribution in [0.5, 0.6) is 0 Å². The number of morpholine rings is 1. The van der Waals surface area contributed by atoms with Gasteiger partial charge in [-0.15, -0.1) is 0 Å². The van der Waals surface area contributed by atoms with Crippen molar-refractivity contribution in [1.29, 1.82) is 0 Å². The van der Waals surface area contributed by atoms with E-state index in [0.29, 0.717) is 128 Å². The normalized spacial score (nSPS) is 14.0. The SMILES string of the molecule is O=C(Nc1ccc(-c2ccccc2F)nc1)c1n[nH]c2ccc(-c3cncc(CN4CCC(F)(F)CC4)c3)cc12.O=C(Nc1ccc(-c2ccccc2F)nc1)c1n[nH]c2ccc(-c3cncc(N4CCCC4)c3)cc12.O=C(Nc1ccc(-c2ccccc2F)nc1)c1n[nH]c2ccc(-c3cncc(N4CCCCC4)c3)cc12.O=C(Nc1ccc(-c2ccccc2F)nc1)c1n[nH]c2ccc(-c3cncc(N4CCOCC4)c3)cc12. The van der Waals surface area contributed by atoms with Gasteiger partial charge < -0.3 is 40.7 Å². The number of rotatable bonds is 21. The zero-order valence-corrected chi connectivity index (χ0v) is 80.7. The first-order valence-electron chi connectivity index (χ1n) is 49.1. The van der Waals surface area contributed by atoms with E-state index in [-0.39, 0.29) is 76.6 Å². The lowest BCUT2D eigenvalue weighted by molar-refractivity contribution is -0.0566. The summed E-state index contributed by atoms with van der Waals surface area (Å²) in [6, 6.07) is 70.7. The number of alkyl halides is 2. The van der Waals surface area contributed by atoms with Crippen molar-refractivity contribution in [3.05, 3.63) is 369 Å². The van der Waals surface area contributed by atoms with Crippen LogP contribution < -0.4 is 36.0 Å². The number of amides is 4. The Morgan fingerprint density at radius 2 is 0.587 bits per heavy atom. The Morgan fingerprint density at radius 3 is 0.887 bits per heavy atom. The van der Waals surface area contributed by atoms with Crippen molar-refractivity contribution in [3.63, 3.8) is 0 Å². The number of aromatic nitrogens is 16. The molecule has 4 aliphatic rings. The van der Waals surface area contributed by atoms with Crippen molar-refractivity contribution in [2.45, 2.75) is 57.4 Å². The smallest absolute Gasteiger partial charge is 0.276 e. The summed E-state index contributed by atoms with van der Waals surface area (Å²) < 4.78 is 88.7. The number of nitrogens with zero attached hydrogens (tertiary/aromatic N) is 16. The van der Waals surface area contributed by atoms with E-state index >= 15 is 0 Å². The number of hydrogen-bond donors (Lipinski definition) is 8. The Kier molecular flexibility index (Phi) is 28.8. The van der Waals surface area contributed by atoms with Gasteiger partial charge in [-0.2, -0.15) is 20.4 Å². The number of carbonyl (C=O) groups is 4. The Hall–Kier alpha value is -18.4. The van der Waals surface area contributed by atoms with Gasteiger partial charge in [-0.1, -0.05) is 72.8 Å². The molecule has 4 fully saturated rings. The van der Waals surface area contributed by atoms with Gasteiger partial charge in [0.15, 0.2) is 22.8 Å². The minimum absolute atomic E-state index is 0.131. The number of nitrogens with one attached hydrogen (secondary N) is 8. The van der Waals surface area contributed by atoms with Crippen molar-refractivity contribution in [2.24, 2.45) is 0 Å². The van der Waals surface area contributed by atoms with Gasteiger partial charge in [0.25, 0.3) is 29.6 Å². The summed E-state index contributed by atoms with van der Waals surface area (Å²) in [5, 5.41) is 42.8. The molecule has 8 aromatic carbocycles. The number of likely N-dealkylation sites (tertiary alicyclic amines) is 1. The lowest BCUT2D eigenvalue weighted by atomic mass is 10.0. The van der Waals surface area contributed by atoms with Crippen molar-refractivity contribution >= 4 is 107 Å². The lowest BCUT2D eigenvalue weighted by Crippen LogP contribution is -2.38. The van der Waals surface area contributed by atoms with Crippen LogP contribution in [0.3, 0.4) is 0 Å². The number of aromatic amines is 4. The maximum atomic E-state index is 14.1.